The number of carbonyl (C=O) groups is 1. The Morgan fingerprint density at radius 3 is 2.70 bits per heavy atom. The van der Waals surface area contributed by atoms with Crippen LogP contribution in [0, 0.1) is 21.4 Å². The number of nitro groups is 1. The molecule has 1 aromatic carbocycles. The zero-order valence-electron chi connectivity index (χ0n) is 10.1. The fourth-order valence-corrected chi connectivity index (χ4v) is 1.21. The number of hydrogen-bond acceptors (Lipinski definition) is 6. The lowest BCUT2D eigenvalue weighted by atomic mass is 10.2. The quantitative estimate of drug-likeness (QED) is 0.466. The van der Waals surface area contributed by atoms with Crippen LogP contribution in [0.4, 0.5) is 14.5 Å². The molecule has 9 heteroatoms. The number of nitrogens with zero attached hydrogens (tertiary/aromatic N) is 2. The molecule has 0 aliphatic rings. The van der Waals surface area contributed by atoms with E-state index in [0.29, 0.717) is 0 Å². The average Bonchev–Trinajstić information content (AvgIpc) is 2.38. The van der Waals surface area contributed by atoms with Crippen LogP contribution in [0.15, 0.2) is 18.2 Å². The van der Waals surface area contributed by atoms with Gasteiger partial charge in [-0.15, -0.1) is 0 Å². The van der Waals surface area contributed by atoms with Crippen LogP contribution in [0.2, 0.25) is 0 Å². The van der Waals surface area contributed by atoms with Crippen LogP contribution in [-0.2, 0) is 9.53 Å². The van der Waals surface area contributed by atoms with Crippen molar-refractivity contribution in [1.82, 2.24) is 0 Å². The fourth-order valence-electron chi connectivity index (χ4n) is 1.21. The van der Waals surface area contributed by atoms with Crippen molar-refractivity contribution in [2.45, 2.75) is 13.0 Å². The van der Waals surface area contributed by atoms with Gasteiger partial charge in [0, 0.05) is 6.07 Å². The number of hydrogen-bond donors (Lipinski definition) is 0. The molecule has 0 saturated carbocycles. The zero-order chi connectivity index (χ0) is 15.3. The minimum Gasteiger partial charge on any atom is -0.459 e. The number of halogens is 2. The first-order valence-corrected chi connectivity index (χ1v) is 5.24. The molecule has 0 aromatic heterocycles. The molecule has 0 N–H and O–H groups in total. The van der Waals surface area contributed by atoms with E-state index in [0.717, 1.165) is 18.2 Å². The van der Waals surface area contributed by atoms with Crippen molar-refractivity contribution >= 4 is 11.7 Å². The van der Waals surface area contributed by atoms with E-state index in [4.69, 9.17) is 5.26 Å². The third-order valence-corrected chi connectivity index (χ3v) is 2.04. The number of alkyl halides is 2. The number of benzene rings is 1. The molecule has 0 spiro atoms. The standard InChI is InChI=1S/C11H8F2N2O5/c1-2-19-10(16)11(12,13)20-9-4-3-7(6-14)5-8(9)15(17)18/h3-5H,2H2,1H3. The van der Waals surface area contributed by atoms with Gasteiger partial charge in [-0.05, 0) is 19.1 Å². The number of nitro benzene ring substituents is 1. The first kappa shape index (κ1) is 15.3. The maximum absolute atomic E-state index is 13.3. The van der Waals surface area contributed by atoms with Gasteiger partial charge in [0.15, 0.2) is 0 Å². The predicted molar refractivity (Wildman–Crippen MR) is 60.0 cm³/mol. The van der Waals surface area contributed by atoms with E-state index in [-0.39, 0.29) is 12.2 Å². The first-order chi connectivity index (χ1) is 9.31. The van der Waals surface area contributed by atoms with Crippen molar-refractivity contribution < 1.29 is 28.0 Å². The van der Waals surface area contributed by atoms with Crippen LogP contribution < -0.4 is 4.74 Å². The Labute approximate surface area is 111 Å². The van der Waals surface area contributed by atoms with E-state index in [9.17, 15) is 23.7 Å². The summed E-state index contributed by atoms with van der Waals surface area (Å²) in [5.41, 5.74) is -0.962. The molecule has 0 aliphatic carbocycles. The molecule has 0 heterocycles. The molecule has 0 bridgehead atoms. The second-order valence-corrected chi connectivity index (χ2v) is 3.39. The predicted octanol–water partition coefficient (Wildman–Crippen LogP) is 2.00. The lowest BCUT2D eigenvalue weighted by Gasteiger charge is -2.15. The summed E-state index contributed by atoms with van der Waals surface area (Å²) in [5, 5.41) is 19.3. The van der Waals surface area contributed by atoms with E-state index in [1.807, 2.05) is 0 Å². The van der Waals surface area contributed by atoms with Crippen LogP contribution in [-0.4, -0.2) is 23.6 Å². The van der Waals surface area contributed by atoms with Crippen LogP contribution in [0.5, 0.6) is 5.75 Å². The number of nitriles is 1. The molecule has 0 unspecified atom stereocenters. The average molecular weight is 286 g/mol. The molecule has 0 aliphatic heterocycles. The van der Waals surface area contributed by atoms with Crippen LogP contribution >= 0.6 is 0 Å². The van der Waals surface area contributed by atoms with Crippen LogP contribution in [0.25, 0.3) is 0 Å². The molecule has 0 saturated heterocycles. The molecule has 0 radical (unpaired) electrons. The lowest BCUT2D eigenvalue weighted by Crippen LogP contribution is -2.37. The van der Waals surface area contributed by atoms with Crippen LogP contribution in [0.1, 0.15) is 12.5 Å². The molecule has 106 valence electrons. The van der Waals surface area contributed by atoms with Crippen molar-refractivity contribution in [2.24, 2.45) is 0 Å². The Morgan fingerprint density at radius 1 is 1.55 bits per heavy atom. The SMILES string of the molecule is CCOC(=O)C(F)(F)Oc1ccc(C#N)cc1[N+](=O)[O-]. The summed E-state index contributed by atoms with van der Waals surface area (Å²) in [6, 6.07) is 4.23. The summed E-state index contributed by atoms with van der Waals surface area (Å²) < 4.78 is 34.8. The maximum atomic E-state index is 13.3. The van der Waals surface area contributed by atoms with Crippen molar-refractivity contribution in [3.63, 3.8) is 0 Å². The Morgan fingerprint density at radius 2 is 2.20 bits per heavy atom. The van der Waals surface area contributed by atoms with E-state index in [1.54, 1.807) is 6.07 Å². The normalized spacial score (nSPS) is 10.5. The summed E-state index contributed by atoms with van der Waals surface area (Å²) in [5.74, 6) is -2.80. The molecular formula is C11H8F2N2O5. The van der Waals surface area contributed by atoms with Crippen molar-refractivity contribution in [3.8, 4) is 11.8 Å². The smallest absolute Gasteiger partial charge is 0.459 e. The minimum atomic E-state index is -4.37. The summed E-state index contributed by atoms with van der Waals surface area (Å²) in [6.45, 7) is 1.02. The minimum absolute atomic E-state index is 0.108. The van der Waals surface area contributed by atoms with Gasteiger partial charge < -0.3 is 9.47 Å². The monoisotopic (exact) mass is 286 g/mol. The Bertz CT molecular complexity index is 583. The Balaban J connectivity index is 3.12. The van der Waals surface area contributed by atoms with E-state index >= 15 is 0 Å². The lowest BCUT2D eigenvalue weighted by molar-refractivity contribution is -0.387. The van der Waals surface area contributed by atoms with Gasteiger partial charge in [-0.2, -0.15) is 14.0 Å². The molecule has 0 amide bonds. The highest BCUT2D eigenvalue weighted by molar-refractivity contribution is 5.76. The molecule has 7 nitrogen and oxygen atoms in total. The Kier molecular flexibility index (Phi) is 4.53. The highest BCUT2D eigenvalue weighted by Gasteiger charge is 2.45. The third-order valence-electron chi connectivity index (χ3n) is 2.04. The van der Waals surface area contributed by atoms with Gasteiger partial charge >= 0.3 is 17.8 Å². The number of ether oxygens (including phenoxy) is 2. The van der Waals surface area contributed by atoms with E-state index < -0.39 is 28.4 Å². The van der Waals surface area contributed by atoms with Gasteiger partial charge in [0.05, 0.1) is 23.2 Å². The van der Waals surface area contributed by atoms with Crippen molar-refractivity contribution in [2.75, 3.05) is 6.61 Å². The zero-order valence-corrected chi connectivity index (χ0v) is 10.1. The van der Waals surface area contributed by atoms with Gasteiger partial charge in [0.2, 0.25) is 5.75 Å². The van der Waals surface area contributed by atoms with Gasteiger partial charge in [0.1, 0.15) is 0 Å². The highest BCUT2D eigenvalue weighted by Crippen LogP contribution is 2.32. The topological polar surface area (TPSA) is 102 Å². The van der Waals surface area contributed by atoms with Crippen molar-refractivity contribution in [3.05, 3.63) is 33.9 Å². The maximum Gasteiger partial charge on any atom is 0.502 e. The molecule has 20 heavy (non-hydrogen) atoms. The fraction of sp³-hybridized carbons (Fsp3) is 0.273. The molecule has 0 atom stereocenters. The molecule has 1 rings (SSSR count). The van der Waals surface area contributed by atoms with E-state index in [1.165, 1.54) is 6.92 Å². The van der Waals surface area contributed by atoms with Gasteiger partial charge in [0.25, 0.3) is 0 Å². The Hall–Kier alpha value is -2.76. The molecule has 0 fully saturated rings. The van der Waals surface area contributed by atoms with Crippen molar-refractivity contribution in [1.29, 1.82) is 5.26 Å². The number of esters is 1. The molecular weight excluding hydrogens is 278 g/mol. The van der Waals surface area contributed by atoms with Gasteiger partial charge in [-0.3, -0.25) is 10.1 Å². The third kappa shape index (κ3) is 3.38. The number of carbonyl (C=O) groups excluding carboxylic acids is 1. The summed E-state index contributed by atoms with van der Waals surface area (Å²) in [7, 11) is 0. The summed E-state index contributed by atoms with van der Waals surface area (Å²) in [4.78, 5) is 20.7. The molecule has 1 aromatic rings. The summed E-state index contributed by atoms with van der Waals surface area (Å²) in [6.07, 6.45) is -4.37. The van der Waals surface area contributed by atoms with E-state index in [2.05, 4.69) is 9.47 Å². The largest absolute Gasteiger partial charge is 0.502 e. The number of rotatable bonds is 5. The van der Waals surface area contributed by atoms with Gasteiger partial charge in [-0.1, -0.05) is 0 Å². The summed E-state index contributed by atoms with van der Waals surface area (Å²) >= 11 is 0. The second kappa shape index (κ2) is 5.92. The van der Waals surface area contributed by atoms with Crippen LogP contribution in [0.3, 0.4) is 0 Å². The first-order valence-electron chi connectivity index (χ1n) is 5.24. The highest BCUT2D eigenvalue weighted by atomic mass is 19.3. The van der Waals surface area contributed by atoms with Gasteiger partial charge in [-0.25, -0.2) is 4.79 Å². The second-order valence-electron chi connectivity index (χ2n) is 3.39.